The Kier molecular flexibility index (Phi) is 3.16. The van der Waals surface area contributed by atoms with E-state index in [0.29, 0.717) is 41.8 Å². The molecule has 2 amide bonds. The fourth-order valence-electron chi connectivity index (χ4n) is 4.75. The minimum atomic E-state index is -0.355. The number of amides is 2. The van der Waals surface area contributed by atoms with Crippen molar-refractivity contribution in [3.8, 4) is 0 Å². The molecule has 0 radical (unpaired) electrons. The van der Waals surface area contributed by atoms with Gasteiger partial charge in [0.15, 0.2) is 0 Å². The van der Waals surface area contributed by atoms with E-state index in [1.807, 2.05) is 16.6 Å². The van der Waals surface area contributed by atoms with Crippen LogP contribution in [-0.4, -0.2) is 55.5 Å². The Bertz CT molecular complexity index is 1210. The van der Waals surface area contributed by atoms with E-state index in [1.165, 1.54) is 6.07 Å². The van der Waals surface area contributed by atoms with Gasteiger partial charge in [-0.25, -0.2) is 4.39 Å². The van der Waals surface area contributed by atoms with Gasteiger partial charge in [-0.1, -0.05) is 6.07 Å². The van der Waals surface area contributed by atoms with Crippen LogP contribution in [-0.2, 0) is 19.5 Å². The van der Waals surface area contributed by atoms with Crippen molar-refractivity contribution >= 4 is 22.7 Å². The third-order valence-electron chi connectivity index (χ3n) is 6.72. The molecule has 2 aliphatic heterocycles. The van der Waals surface area contributed by atoms with Crippen LogP contribution in [0.2, 0.25) is 0 Å². The number of carbonyl (C=O) groups is 2. The number of fused-ring (bicyclic) bond motifs is 4. The van der Waals surface area contributed by atoms with Gasteiger partial charge in [0.2, 0.25) is 0 Å². The van der Waals surface area contributed by atoms with E-state index in [1.54, 1.807) is 23.1 Å². The van der Waals surface area contributed by atoms with E-state index < -0.39 is 0 Å². The molecule has 148 valence electrons. The first kappa shape index (κ1) is 16.8. The lowest BCUT2D eigenvalue weighted by Crippen LogP contribution is -2.48. The van der Waals surface area contributed by atoms with Crippen molar-refractivity contribution in [2.24, 2.45) is 0 Å². The van der Waals surface area contributed by atoms with Crippen LogP contribution in [0.15, 0.2) is 24.3 Å². The van der Waals surface area contributed by atoms with Crippen molar-refractivity contribution in [1.82, 2.24) is 24.6 Å². The normalized spacial score (nSPS) is 19.6. The largest absolute Gasteiger partial charge is 0.350 e. The van der Waals surface area contributed by atoms with Gasteiger partial charge in [-0.05, 0) is 31.0 Å². The topological polar surface area (TPSA) is 74.2 Å². The van der Waals surface area contributed by atoms with E-state index in [-0.39, 0.29) is 23.2 Å². The number of carbonyl (C=O) groups excluding carboxylic acids is 2. The summed E-state index contributed by atoms with van der Waals surface area (Å²) >= 11 is 0. The summed E-state index contributed by atoms with van der Waals surface area (Å²) in [5.74, 6) is -0.557. The maximum atomic E-state index is 14.0. The average Bonchev–Trinajstić information content (AvgIpc) is 3.19. The van der Waals surface area contributed by atoms with E-state index in [9.17, 15) is 14.0 Å². The fourth-order valence-corrected chi connectivity index (χ4v) is 4.75. The molecule has 29 heavy (non-hydrogen) atoms. The van der Waals surface area contributed by atoms with Crippen LogP contribution in [0.25, 0.3) is 10.9 Å². The standard InChI is InChI=1S/C21H20FN5O2/c1-25-20(29)18-13-10-26(8-5-16(13)24-27(18)11-21(25)6-7-21)19(28)17-9-12-14(22)3-2-4-15(12)23-17/h2-4,9,23H,5-8,10-11H2,1H3. The zero-order chi connectivity index (χ0) is 19.9. The summed E-state index contributed by atoms with van der Waals surface area (Å²) in [5, 5.41) is 5.10. The summed E-state index contributed by atoms with van der Waals surface area (Å²) in [7, 11) is 1.86. The third kappa shape index (κ3) is 2.25. The van der Waals surface area contributed by atoms with Crippen LogP contribution in [0, 0.1) is 5.82 Å². The number of nitrogens with zero attached hydrogens (tertiary/aromatic N) is 4. The first-order valence-corrected chi connectivity index (χ1v) is 9.90. The first-order chi connectivity index (χ1) is 14.0. The second-order valence-corrected chi connectivity index (χ2v) is 8.38. The Morgan fingerprint density at radius 1 is 1.31 bits per heavy atom. The van der Waals surface area contributed by atoms with Crippen LogP contribution in [0.1, 0.15) is 45.1 Å². The molecule has 8 heteroatoms. The molecule has 1 fully saturated rings. The van der Waals surface area contributed by atoms with Crippen LogP contribution >= 0.6 is 0 Å². The van der Waals surface area contributed by atoms with Gasteiger partial charge < -0.3 is 14.8 Å². The molecule has 1 aromatic carbocycles. The lowest BCUT2D eigenvalue weighted by Gasteiger charge is -2.34. The van der Waals surface area contributed by atoms with Crippen molar-refractivity contribution < 1.29 is 14.0 Å². The molecule has 7 nitrogen and oxygen atoms in total. The highest BCUT2D eigenvalue weighted by molar-refractivity contribution is 5.99. The first-order valence-electron chi connectivity index (χ1n) is 9.90. The van der Waals surface area contributed by atoms with Crippen molar-refractivity contribution in [3.05, 3.63) is 52.7 Å². The number of likely N-dealkylation sites (N-methyl/N-ethyl adjacent to an activating group) is 1. The molecule has 1 N–H and O–H groups in total. The molecule has 0 bridgehead atoms. The fraction of sp³-hybridized carbons (Fsp3) is 0.381. The number of nitrogens with one attached hydrogen (secondary N) is 1. The smallest absolute Gasteiger partial charge is 0.272 e. The third-order valence-corrected chi connectivity index (χ3v) is 6.72. The molecule has 1 saturated carbocycles. The van der Waals surface area contributed by atoms with Gasteiger partial charge >= 0.3 is 0 Å². The van der Waals surface area contributed by atoms with Crippen LogP contribution in [0.3, 0.4) is 0 Å². The molecular weight excluding hydrogens is 373 g/mol. The van der Waals surface area contributed by atoms with Crippen LogP contribution in [0.5, 0.6) is 0 Å². The van der Waals surface area contributed by atoms with Gasteiger partial charge in [0.25, 0.3) is 11.8 Å². The second kappa shape index (κ2) is 5.46. The zero-order valence-corrected chi connectivity index (χ0v) is 16.0. The number of aromatic amines is 1. The van der Waals surface area contributed by atoms with E-state index in [2.05, 4.69) is 4.98 Å². The molecule has 0 atom stereocenters. The summed E-state index contributed by atoms with van der Waals surface area (Å²) in [6, 6.07) is 6.31. The van der Waals surface area contributed by atoms with Gasteiger partial charge in [-0.15, -0.1) is 0 Å². The number of benzene rings is 1. The Morgan fingerprint density at radius 3 is 2.90 bits per heavy atom. The van der Waals surface area contributed by atoms with E-state index >= 15 is 0 Å². The summed E-state index contributed by atoms with van der Waals surface area (Å²) in [6.45, 7) is 1.59. The number of H-pyrrole nitrogens is 1. The highest BCUT2D eigenvalue weighted by Crippen LogP contribution is 2.46. The van der Waals surface area contributed by atoms with Crippen molar-refractivity contribution in [2.75, 3.05) is 13.6 Å². The van der Waals surface area contributed by atoms with E-state index in [0.717, 1.165) is 30.6 Å². The molecule has 3 aliphatic rings. The zero-order valence-electron chi connectivity index (χ0n) is 16.0. The predicted octanol–water partition coefficient (Wildman–Crippen LogP) is 2.32. The molecule has 4 heterocycles. The Balaban J connectivity index is 1.34. The maximum absolute atomic E-state index is 14.0. The summed E-state index contributed by atoms with van der Waals surface area (Å²) < 4.78 is 15.9. The van der Waals surface area contributed by atoms with Gasteiger partial charge in [-0.3, -0.25) is 14.3 Å². The summed E-state index contributed by atoms with van der Waals surface area (Å²) in [5.41, 5.74) is 3.25. The van der Waals surface area contributed by atoms with Gasteiger partial charge in [0.1, 0.15) is 17.2 Å². The van der Waals surface area contributed by atoms with Crippen LogP contribution in [0.4, 0.5) is 4.39 Å². The molecule has 2 aromatic heterocycles. The molecular formula is C21H20FN5O2. The number of hydrogen-bond donors (Lipinski definition) is 1. The quantitative estimate of drug-likeness (QED) is 0.690. The Labute approximate surface area is 166 Å². The maximum Gasteiger partial charge on any atom is 0.272 e. The highest BCUT2D eigenvalue weighted by atomic mass is 19.1. The molecule has 0 unspecified atom stereocenters. The average molecular weight is 393 g/mol. The highest BCUT2D eigenvalue weighted by Gasteiger charge is 2.53. The number of aromatic nitrogens is 3. The molecule has 1 spiro atoms. The number of halogens is 1. The Morgan fingerprint density at radius 2 is 2.14 bits per heavy atom. The minimum absolute atomic E-state index is 0.00974. The van der Waals surface area contributed by atoms with Crippen molar-refractivity contribution in [1.29, 1.82) is 0 Å². The second-order valence-electron chi connectivity index (χ2n) is 8.38. The lowest BCUT2D eigenvalue weighted by atomic mass is 10.0. The minimum Gasteiger partial charge on any atom is -0.350 e. The van der Waals surface area contributed by atoms with Crippen molar-refractivity contribution in [2.45, 2.75) is 37.9 Å². The number of hydrogen-bond acceptors (Lipinski definition) is 3. The predicted molar refractivity (Wildman–Crippen MR) is 103 cm³/mol. The SMILES string of the molecule is CN1C(=O)c2c3c(nn2CC12CC2)CCN(C(=O)c1cc2c(F)cccc2[nH]1)C3. The van der Waals surface area contributed by atoms with Gasteiger partial charge in [-0.2, -0.15) is 5.10 Å². The van der Waals surface area contributed by atoms with Gasteiger partial charge in [0.05, 0.1) is 24.3 Å². The summed E-state index contributed by atoms with van der Waals surface area (Å²) in [6.07, 6.45) is 2.64. The number of rotatable bonds is 1. The monoisotopic (exact) mass is 393 g/mol. The molecule has 6 rings (SSSR count). The van der Waals surface area contributed by atoms with E-state index in [4.69, 9.17) is 5.10 Å². The Hall–Kier alpha value is -3.16. The lowest BCUT2D eigenvalue weighted by molar-refractivity contribution is 0.0604. The molecule has 3 aromatic rings. The molecule has 1 aliphatic carbocycles. The van der Waals surface area contributed by atoms with Gasteiger partial charge in [0, 0.05) is 36.5 Å². The van der Waals surface area contributed by atoms with Crippen LogP contribution < -0.4 is 0 Å². The van der Waals surface area contributed by atoms with Crippen molar-refractivity contribution in [3.63, 3.8) is 0 Å². The summed E-state index contributed by atoms with van der Waals surface area (Å²) in [4.78, 5) is 32.7. The molecule has 0 saturated heterocycles.